The third-order valence-corrected chi connectivity index (χ3v) is 4.06. The molecule has 1 aliphatic heterocycles. The van der Waals surface area contributed by atoms with Gasteiger partial charge in [-0.15, -0.1) is 0 Å². The summed E-state index contributed by atoms with van der Waals surface area (Å²) in [5, 5.41) is 3.16. The number of carbonyl (C=O) groups is 1. The summed E-state index contributed by atoms with van der Waals surface area (Å²) < 4.78 is 0. The highest BCUT2D eigenvalue weighted by atomic mass is 16.1. The van der Waals surface area contributed by atoms with Crippen molar-refractivity contribution in [2.24, 2.45) is 5.73 Å². The van der Waals surface area contributed by atoms with Crippen LogP contribution in [0.15, 0.2) is 24.3 Å². The van der Waals surface area contributed by atoms with Gasteiger partial charge in [-0.3, -0.25) is 9.69 Å². The average molecular weight is 326 g/mol. The van der Waals surface area contributed by atoms with Crippen LogP contribution in [0.1, 0.15) is 36.0 Å². The van der Waals surface area contributed by atoms with Gasteiger partial charge in [0, 0.05) is 11.4 Å². The Labute approximate surface area is 141 Å². The molecule has 1 atom stereocenters. The molecule has 1 amide bonds. The van der Waals surface area contributed by atoms with Crippen LogP contribution >= 0.6 is 0 Å². The summed E-state index contributed by atoms with van der Waals surface area (Å²) >= 11 is 0. The Morgan fingerprint density at radius 3 is 2.75 bits per heavy atom. The first-order valence-electron chi connectivity index (χ1n) is 8.10. The summed E-state index contributed by atoms with van der Waals surface area (Å²) in [5.74, 6) is 0.931. The third kappa shape index (κ3) is 3.86. The van der Waals surface area contributed by atoms with Crippen LogP contribution in [0.5, 0.6) is 0 Å². The van der Waals surface area contributed by atoms with Crippen LogP contribution in [-0.4, -0.2) is 38.8 Å². The van der Waals surface area contributed by atoms with Gasteiger partial charge in [-0.1, -0.05) is 6.07 Å². The number of rotatable bonds is 5. The fourth-order valence-corrected chi connectivity index (χ4v) is 3.15. The molecule has 0 unspecified atom stereocenters. The second-order valence-electron chi connectivity index (χ2n) is 6.14. The minimum atomic E-state index is -0.306. The van der Waals surface area contributed by atoms with Gasteiger partial charge in [0.15, 0.2) is 0 Å². The largest absolute Gasteiger partial charge is 0.369 e. The lowest BCUT2D eigenvalue weighted by Crippen LogP contribution is -2.33. The van der Waals surface area contributed by atoms with E-state index >= 15 is 0 Å². The van der Waals surface area contributed by atoms with E-state index < -0.39 is 0 Å². The topological polar surface area (TPSA) is 97.0 Å². The lowest BCUT2D eigenvalue weighted by Gasteiger charge is -2.22. The number of aromatic nitrogens is 3. The van der Waals surface area contributed by atoms with Crippen molar-refractivity contribution in [2.45, 2.75) is 32.7 Å². The molecule has 0 aromatic carbocycles. The van der Waals surface area contributed by atoms with E-state index in [1.807, 2.05) is 38.1 Å². The van der Waals surface area contributed by atoms with Crippen molar-refractivity contribution in [2.75, 3.05) is 18.4 Å². The molecule has 3 N–H and O–H groups in total. The van der Waals surface area contributed by atoms with Crippen LogP contribution in [-0.2, 0) is 4.79 Å². The number of nitrogens with one attached hydrogen (secondary N) is 1. The first-order valence-corrected chi connectivity index (χ1v) is 8.10. The van der Waals surface area contributed by atoms with E-state index in [4.69, 9.17) is 5.73 Å². The van der Waals surface area contributed by atoms with Crippen molar-refractivity contribution >= 4 is 17.7 Å². The number of primary amides is 1. The fraction of sp³-hybridized carbons (Fsp3) is 0.412. The van der Waals surface area contributed by atoms with Gasteiger partial charge >= 0.3 is 0 Å². The standard InChI is InChI=1S/C17H22N6O/c1-11-9-12(2)20-17(19-11)22-16-7-3-5-13(21-16)14-6-4-8-23(14)10-15(18)24/h3,5,7,9,14H,4,6,8,10H2,1-2H3,(H2,18,24)(H,19,20,21,22)/t14-/m0/s1. The molecular formula is C17H22N6O. The van der Waals surface area contributed by atoms with E-state index in [9.17, 15) is 4.79 Å². The average Bonchev–Trinajstić information content (AvgIpc) is 2.93. The lowest BCUT2D eigenvalue weighted by atomic mass is 10.1. The molecule has 0 bridgehead atoms. The molecule has 1 fully saturated rings. The summed E-state index contributed by atoms with van der Waals surface area (Å²) in [5.41, 5.74) is 8.09. The summed E-state index contributed by atoms with van der Waals surface area (Å²) in [6.45, 7) is 5.01. The number of amides is 1. The Morgan fingerprint density at radius 1 is 1.29 bits per heavy atom. The molecule has 0 saturated carbocycles. The third-order valence-electron chi connectivity index (χ3n) is 4.06. The Hall–Kier alpha value is -2.54. The van der Waals surface area contributed by atoms with Gasteiger partial charge in [-0.05, 0) is 51.4 Å². The number of nitrogens with two attached hydrogens (primary N) is 1. The molecule has 0 radical (unpaired) electrons. The second kappa shape index (κ2) is 6.92. The molecule has 0 aliphatic carbocycles. The van der Waals surface area contributed by atoms with Crippen LogP contribution < -0.4 is 11.1 Å². The van der Waals surface area contributed by atoms with E-state index in [1.165, 1.54) is 0 Å². The molecule has 126 valence electrons. The zero-order valence-electron chi connectivity index (χ0n) is 14.0. The predicted octanol–water partition coefficient (Wildman–Crippen LogP) is 1.85. The van der Waals surface area contributed by atoms with Gasteiger partial charge in [0.25, 0.3) is 0 Å². The molecule has 1 saturated heterocycles. The molecule has 7 nitrogen and oxygen atoms in total. The number of likely N-dealkylation sites (tertiary alicyclic amines) is 1. The van der Waals surface area contributed by atoms with Crippen molar-refractivity contribution in [1.29, 1.82) is 0 Å². The highest BCUT2D eigenvalue weighted by molar-refractivity contribution is 5.76. The number of nitrogens with zero attached hydrogens (tertiary/aromatic N) is 4. The van der Waals surface area contributed by atoms with Gasteiger partial charge in [-0.2, -0.15) is 0 Å². The summed E-state index contributed by atoms with van der Waals surface area (Å²) in [6, 6.07) is 7.87. The van der Waals surface area contributed by atoms with Crippen molar-refractivity contribution in [3.63, 3.8) is 0 Å². The fourth-order valence-electron chi connectivity index (χ4n) is 3.15. The Morgan fingerprint density at radius 2 is 2.04 bits per heavy atom. The minimum absolute atomic E-state index is 0.124. The van der Waals surface area contributed by atoms with Crippen LogP contribution in [0.2, 0.25) is 0 Å². The molecule has 1 aliphatic rings. The zero-order chi connectivity index (χ0) is 17.1. The maximum atomic E-state index is 11.2. The number of aryl methyl sites for hydroxylation is 2. The van der Waals surface area contributed by atoms with Crippen molar-refractivity contribution in [3.05, 3.63) is 41.3 Å². The summed E-state index contributed by atoms with van der Waals surface area (Å²) in [6.07, 6.45) is 2.02. The second-order valence-corrected chi connectivity index (χ2v) is 6.14. The Balaban J connectivity index is 1.80. The molecule has 2 aromatic heterocycles. The number of hydrogen-bond acceptors (Lipinski definition) is 6. The maximum Gasteiger partial charge on any atom is 0.231 e. The normalized spacial score (nSPS) is 17.8. The maximum absolute atomic E-state index is 11.2. The lowest BCUT2D eigenvalue weighted by molar-refractivity contribution is -0.119. The molecule has 2 aromatic rings. The van der Waals surface area contributed by atoms with Gasteiger partial charge in [-0.25, -0.2) is 15.0 Å². The van der Waals surface area contributed by atoms with E-state index in [2.05, 4.69) is 25.2 Å². The monoisotopic (exact) mass is 326 g/mol. The number of hydrogen-bond donors (Lipinski definition) is 2. The van der Waals surface area contributed by atoms with Gasteiger partial charge in [0.1, 0.15) is 5.82 Å². The Bertz CT molecular complexity index is 727. The summed E-state index contributed by atoms with van der Waals surface area (Å²) in [7, 11) is 0. The Kier molecular flexibility index (Phi) is 4.71. The number of pyridine rings is 1. The van der Waals surface area contributed by atoms with Gasteiger partial charge in [0.2, 0.25) is 11.9 Å². The molecule has 0 spiro atoms. The highest BCUT2D eigenvalue weighted by Gasteiger charge is 2.28. The predicted molar refractivity (Wildman–Crippen MR) is 91.8 cm³/mol. The molecule has 24 heavy (non-hydrogen) atoms. The van der Waals surface area contributed by atoms with Crippen molar-refractivity contribution in [3.8, 4) is 0 Å². The minimum Gasteiger partial charge on any atom is -0.369 e. The van der Waals surface area contributed by atoms with Crippen molar-refractivity contribution < 1.29 is 4.79 Å². The van der Waals surface area contributed by atoms with Crippen LogP contribution in [0.25, 0.3) is 0 Å². The first-order chi connectivity index (χ1) is 11.5. The van der Waals surface area contributed by atoms with Crippen LogP contribution in [0.3, 0.4) is 0 Å². The van der Waals surface area contributed by atoms with E-state index in [1.54, 1.807) is 0 Å². The van der Waals surface area contributed by atoms with Crippen molar-refractivity contribution in [1.82, 2.24) is 19.9 Å². The highest BCUT2D eigenvalue weighted by Crippen LogP contribution is 2.31. The smallest absolute Gasteiger partial charge is 0.231 e. The first kappa shape index (κ1) is 16.3. The number of anilines is 2. The van der Waals surface area contributed by atoms with E-state index in [0.717, 1.165) is 36.5 Å². The zero-order valence-corrected chi connectivity index (χ0v) is 14.0. The SMILES string of the molecule is Cc1cc(C)nc(Nc2cccc([C@@H]3CCCN3CC(N)=O)n2)n1. The van der Waals surface area contributed by atoms with Crippen LogP contribution in [0, 0.1) is 13.8 Å². The van der Waals surface area contributed by atoms with Crippen LogP contribution in [0.4, 0.5) is 11.8 Å². The number of carbonyl (C=O) groups excluding carboxylic acids is 1. The van der Waals surface area contributed by atoms with E-state index in [-0.39, 0.29) is 18.5 Å². The van der Waals surface area contributed by atoms with Gasteiger partial charge < -0.3 is 11.1 Å². The molecule has 7 heteroatoms. The van der Waals surface area contributed by atoms with E-state index in [0.29, 0.717) is 11.8 Å². The molecular weight excluding hydrogens is 304 g/mol. The molecule has 3 rings (SSSR count). The quantitative estimate of drug-likeness (QED) is 0.870. The molecule has 3 heterocycles. The van der Waals surface area contributed by atoms with Gasteiger partial charge in [0.05, 0.1) is 18.3 Å². The summed E-state index contributed by atoms with van der Waals surface area (Å²) in [4.78, 5) is 26.8.